The van der Waals surface area contributed by atoms with Crippen molar-refractivity contribution in [2.45, 2.75) is 46.6 Å². The maximum atomic E-state index is 13.6. The summed E-state index contributed by atoms with van der Waals surface area (Å²) in [4.78, 5) is 18.5. The maximum absolute atomic E-state index is 13.6. The first-order valence-electron chi connectivity index (χ1n) is 12.3. The third kappa shape index (κ3) is 5.35. The van der Waals surface area contributed by atoms with Gasteiger partial charge < -0.3 is 14.2 Å². The standard InChI is InChI=1S/C30H33N3O4/c1-18(2)23-16-24(20(5)14-27(23)35-6)29-32-25-11-9-8-10-22(25)30(34)33(29)31-17-21-12-13-26(37-19(3)4)28(15-21)36-7/h8-19H,1-7H3. The van der Waals surface area contributed by atoms with E-state index in [1.54, 1.807) is 26.5 Å². The summed E-state index contributed by atoms with van der Waals surface area (Å²) in [6.45, 7) is 10.1. The second kappa shape index (κ2) is 10.9. The van der Waals surface area contributed by atoms with E-state index in [1.807, 2.05) is 69.3 Å². The Labute approximate surface area is 217 Å². The van der Waals surface area contributed by atoms with Crippen molar-refractivity contribution in [2.24, 2.45) is 5.10 Å². The lowest BCUT2D eigenvalue weighted by molar-refractivity contribution is 0.230. The Balaban J connectivity index is 1.91. The molecule has 1 aromatic heterocycles. The van der Waals surface area contributed by atoms with Crippen LogP contribution in [0.2, 0.25) is 0 Å². The Morgan fingerprint density at radius 1 is 0.919 bits per heavy atom. The first-order chi connectivity index (χ1) is 17.7. The molecule has 0 N–H and O–H groups in total. The number of hydrogen-bond acceptors (Lipinski definition) is 6. The Hall–Kier alpha value is -4.13. The minimum absolute atomic E-state index is 0.0155. The van der Waals surface area contributed by atoms with E-state index in [0.29, 0.717) is 28.2 Å². The van der Waals surface area contributed by atoms with Crippen molar-refractivity contribution in [2.75, 3.05) is 14.2 Å². The van der Waals surface area contributed by atoms with Gasteiger partial charge in [-0.25, -0.2) is 4.98 Å². The van der Waals surface area contributed by atoms with E-state index in [2.05, 4.69) is 18.9 Å². The van der Waals surface area contributed by atoms with Crippen LogP contribution in [0.3, 0.4) is 0 Å². The first kappa shape index (κ1) is 25.9. The number of rotatable bonds is 8. The summed E-state index contributed by atoms with van der Waals surface area (Å²) in [6, 6.07) is 16.9. The van der Waals surface area contributed by atoms with Crippen LogP contribution in [0.25, 0.3) is 22.3 Å². The molecule has 1 heterocycles. The van der Waals surface area contributed by atoms with Crippen molar-refractivity contribution in [3.05, 3.63) is 81.6 Å². The van der Waals surface area contributed by atoms with E-state index in [-0.39, 0.29) is 17.6 Å². The van der Waals surface area contributed by atoms with Gasteiger partial charge in [-0.1, -0.05) is 26.0 Å². The quantitative estimate of drug-likeness (QED) is 0.271. The van der Waals surface area contributed by atoms with Gasteiger partial charge in [0.1, 0.15) is 5.75 Å². The van der Waals surface area contributed by atoms with Crippen LogP contribution in [-0.2, 0) is 0 Å². The minimum Gasteiger partial charge on any atom is -0.496 e. The maximum Gasteiger partial charge on any atom is 0.282 e. The number of aromatic nitrogens is 2. The molecule has 7 nitrogen and oxygen atoms in total. The zero-order valence-corrected chi connectivity index (χ0v) is 22.4. The summed E-state index contributed by atoms with van der Waals surface area (Å²) in [5.41, 5.74) is 3.92. The lowest BCUT2D eigenvalue weighted by atomic mass is 9.96. The van der Waals surface area contributed by atoms with E-state index in [9.17, 15) is 4.79 Å². The third-order valence-electron chi connectivity index (χ3n) is 6.07. The van der Waals surface area contributed by atoms with Gasteiger partial charge in [-0.2, -0.15) is 9.78 Å². The average molecular weight is 500 g/mol. The van der Waals surface area contributed by atoms with E-state index in [1.165, 1.54) is 4.68 Å². The Morgan fingerprint density at radius 2 is 1.65 bits per heavy atom. The molecule has 0 spiro atoms. The molecule has 0 aliphatic carbocycles. The van der Waals surface area contributed by atoms with Gasteiger partial charge in [0.15, 0.2) is 17.3 Å². The van der Waals surface area contributed by atoms with Crippen LogP contribution in [0.15, 0.2) is 64.5 Å². The highest BCUT2D eigenvalue weighted by molar-refractivity contribution is 5.83. The molecule has 192 valence electrons. The lowest BCUT2D eigenvalue weighted by Gasteiger charge is -2.17. The molecule has 0 saturated carbocycles. The molecule has 0 radical (unpaired) electrons. The molecule has 0 amide bonds. The Morgan fingerprint density at radius 3 is 2.32 bits per heavy atom. The zero-order chi connectivity index (χ0) is 26.7. The topological polar surface area (TPSA) is 74.9 Å². The summed E-state index contributed by atoms with van der Waals surface area (Å²) in [5.74, 6) is 2.74. The fraction of sp³-hybridized carbons (Fsp3) is 0.300. The molecule has 3 aromatic carbocycles. The van der Waals surface area contributed by atoms with Gasteiger partial charge in [0.05, 0.1) is 37.4 Å². The van der Waals surface area contributed by atoms with Gasteiger partial charge >= 0.3 is 0 Å². The second-order valence-corrected chi connectivity index (χ2v) is 9.45. The van der Waals surface area contributed by atoms with Gasteiger partial charge in [-0.05, 0) is 85.8 Å². The van der Waals surface area contributed by atoms with E-state index < -0.39 is 0 Å². The molecule has 0 aliphatic rings. The highest BCUT2D eigenvalue weighted by atomic mass is 16.5. The van der Waals surface area contributed by atoms with Crippen molar-refractivity contribution < 1.29 is 14.2 Å². The highest BCUT2D eigenvalue weighted by Crippen LogP contribution is 2.34. The number of hydrogen-bond donors (Lipinski definition) is 0. The number of para-hydroxylation sites is 1. The van der Waals surface area contributed by atoms with Crippen LogP contribution < -0.4 is 19.8 Å². The number of fused-ring (bicyclic) bond motifs is 1. The fourth-order valence-electron chi connectivity index (χ4n) is 4.21. The molecule has 4 aromatic rings. The minimum atomic E-state index is -0.245. The summed E-state index contributed by atoms with van der Waals surface area (Å²) in [6.07, 6.45) is 1.65. The number of aryl methyl sites for hydroxylation is 1. The van der Waals surface area contributed by atoms with Gasteiger partial charge in [0.25, 0.3) is 5.56 Å². The molecule has 7 heteroatoms. The molecule has 0 saturated heterocycles. The second-order valence-electron chi connectivity index (χ2n) is 9.45. The molecule has 37 heavy (non-hydrogen) atoms. The molecule has 0 atom stereocenters. The third-order valence-corrected chi connectivity index (χ3v) is 6.07. The lowest BCUT2D eigenvalue weighted by Crippen LogP contribution is -2.20. The largest absolute Gasteiger partial charge is 0.496 e. The van der Waals surface area contributed by atoms with E-state index in [4.69, 9.17) is 19.2 Å². The van der Waals surface area contributed by atoms with Crippen LogP contribution in [0.5, 0.6) is 17.2 Å². The van der Waals surface area contributed by atoms with Crippen molar-refractivity contribution in [1.82, 2.24) is 9.66 Å². The molecular formula is C30H33N3O4. The predicted octanol–water partition coefficient (Wildman–Crippen LogP) is 6.18. The van der Waals surface area contributed by atoms with E-state index in [0.717, 1.165) is 28.0 Å². The summed E-state index contributed by atoms with van der Waals surface area (Å²) in [7, 11) is 3.26. The zero-order valence-electron chi connectivity index (χ0n) is 22.4. The normalized spacial score (nSPS) is 11.6. The van der Waals surface area contributed by atoms with Crippen LogP contribution in [0.1, 0.15) is 50.3 Å². The first-order valence-corrected chi connectivity index (χ1v) is 12.3. The van der Waals surface area contributed by atoms with E-state index >= 15 is 0 Å². The summed E-state index contributed by atoms with van der Waals surface area (Å²) in [5, 5.41) is 5.11. The monoisotopic (exact) mass is 499 g/mol. The van der Waals surface area contributed by atoms with Crippen LogP contribution >= 0.6 is 0 Å². The van der Waals surface area contributed by atoms with Crippen LogP contribution in [0.4, 0.5) is 0 Å². The van der Waals surface area contributed by atoms with Crippen LogP contribution in [0, 0.1) is 6.92 Å². The molecule has 0 fully saturated rings. The Bertz CT molecular complexity index is 1520. The summed E-state index contributed by atoms with van der Waals surface area (Å²) >= 11 is 0. The van der Waals surface area contributed by atoms with Gasteiger partial charge in [-0.3, -0.25) is 4.79 Å². The molecule has 0 aliphatic heterocycles. The van der Waals surface area contributed by atoms with Crippen molar-refractivity contribution in [3.8, 4) is 28.6 Å². The Kier molecular flexibility index (Phi) is 7.62. The molecule has 0 bridgehead atoms. The predicted molar refractivity (Wildman–Crippen MR) is 149 cm³/mol. The van der Waals surface area contributed by atoms with Gasteiger partial charge in [0, 0.05) is 5.56 Å². The van der Waals surface area contributed by atoms with Crippen molar-refractivity contribution in [3.63, 3.8) is 0 Å². The number of methoxy groups -OCH3 is 2. The average Bonchev–Trinajstić information content (AvgIpc) is 2.88. The van der Waals surface area contributed by atoms with Crippen LogP contribution in [-0.4, -0.2) is 36.2 Å². The molecular weight excluding hydrogens is 466 g/mol. The fourth-order valence-corrected chi connectivity index (χ4v) is 4.21. The van der Waals surface area contributed by atoms with Crippen molar-refractivity contribution in [1.29, 1.82) is 0 Å². The smallest absolute Gasteiger partial charge is 0.282 e. The molecule has 0 unspecified atom stereocenters. The number of benzene rings is 3. The number of ether oxygens (including phenoxy) is 3. The number of nitrogens with zero attached hydrogens (tertiary/aromatic N) is 3. The van der Waals surface area contributed by atoms with Crippen molar-refractivity contribution >= 4 is 17.1 Å². The highest BCUT2D eigenvalue weighted by Gasteiger charge is 2.18. The van der Waals surface area contributed by atoms with Gasteiger partial charge in [0.2, 0.25) is 0 Å². The summed E-state index contributed by atoms with van der Waals surface area (Å²) < 4.78 is 18.3. The SMILES string of the molecule is COc1cc(C=Nn2c(-c3cc(C(C)C)c(OC)cc3C)nc3ccccc3c2=O)ccc1OC(C)C. The van der Waals surface area contributed by atoms with Gasteiger partial charge in [-0.15, -0.1) is 0 Å². The molecule has 4 rings (SSSR count).